The van der Waals surface area contributed by atoms with Gasteiger partial charge in [-0.05, 0) is 31.0 Å². The second kappa shape index (κ2) is 8.98. The Morgan fingerprint density at radius 1 is 1.43 bits per heavy atom. The highest BCUT2D eigenvalue weighted by molar-refractivity contribution is 9.10. The Labute approximate surface area is 151 Å². The van der Waals surface area contributed by atoms with E-state index in [0.29, 0.717) is 17.6 Å². The largest absolute Gasteiger partial charge is 0.338 e. The molecule has 0 saturated carbocycles. The minimum atomic E-state index is -3.60. The highest BCUT2D eigenvalue weighted by Crippen LogP contribution is 2.18. The molecule has 1 saturated heterocycles. The molecular weight excluding hydrogens is 406 g/mol. The number of carbonyl (C=O) groups excluding carboxylic acids is 1. The molecule has 1 aromatic rings. The van der Waals surface area contributed by atoms with Crippen LogP contribution in [-0.4, -0.2) is 44.9 Å². The van der Waals surface area contributed by atoms with Crippen LogP contribution in [0.25, 0.3) is 0 Å². The quantitative estimate of drug-likeness (QED) is 0.721. The molecule has 1 aromatic carbocycles. The second-order valence-electron chi connectivity index (χ2n) is 5.22. The average Bonchev–Trinajstić information content (AvgIpc) is 2.95. The first kappa shape index (κ1) is 20.4. The number of carbonyl (C=O) groups is 1. The van der Waals surface area contributed by atoms with E-state index < -0.39 is 10.0 Å². The number of rotatable bonds is 6. The lowest BCUT2D eigenvalue weighted by molar-refractivity contribution is -0.131. The number of halogens is 2. The Bertz CT molecular complexity index is 642. The molecule has 6 nitrogen and oxygen atoms in total. The van der Waals surface area contributed by atoms with E-state index in [1.165, 1.54) is 12.1 Å². The number of nitrogens with two attached hydrogens (primary N) is 1. The van der Waals surface area contributed by atoms with Gasteiger partial charge in [-0.2, -0.15) is 0 Å². The van der Waals surface area contributed by atoms with Crippen molar-refractivity contribution in [1.29, 1.82) is 0 Å². The molecule has 1 fully saturated rings. The smallest absolute Gasteiger partial charge is 0.240 e. The number of nitrogens with one attached hydrogen (secondary N) is 1. The predicted molar refractivity (Wildman–Crippen MR) is 95.0 cm³/mol. The van der Waals surface area contributed by atoms with Gasteiger partial charge in [0.25, 0.3) is 0 Å². The lowest BCUT2D eigenvalue weighted by Gasteiger charge is -2.23. The summed E-state index contributed by atoms with van der Waals surface area (Å²) in [5, 5.41) is 0. The Kier molecular flexibility index (Phi) is 7.96. The van der Waals surface area contributed by atoms with Crippen molar-refractivity contribution < 1.29 is 13.2 Å². The number of benzene rings is 1. The van der Waals surface area contributed by atoms with Gasteiger partial charge < -0.3 is 10.6 Å². The van der Waals surface area contributed by atoms with E-state index in [2.05, 4.69) is 20.7 Å². The molecular formula is C14H21BrClN3O3S. The zero-order chi connectivity index (χ0) is 16.2. The Morgan fingerprint density at radius 3 is 2.83 bits per heavy atom. The van der Waals surface area contributed by atoms with Crippen molar-refractivity contribution in [1.82, 2.24) is 9.62 Å². The summed E-state index contributed by atoms with van der Waals surface area (Å²) in [6.45, 7) is 1.25. The number of nitrogens with zero attached hydrogens (tertiary/aromatic N) is 1. The second-order valence-corrected chi connectivity index (χ2v) is 7.91. The molecule has 1 amide bonds. The van der Waals surface area contributed by atoms with Crippen LogP contribution < -0.4 is 10.5 Å². The normalized spacial score (nSPS) is 17.8. The van der Waals surface area contributed by atoms with E-state index in [1.807, 2.05) is 0 Å². The first-order valence-corrected chi connectivity index (χ1v) is 9.46. The SMILES string of the molecule is Cl.NCC1CCCN1C(=O)CCNS(=O)(=O)c1cccc(Br)c1. The summed E-state index contributed by atoms with van der Waals surface area (Å²) in [5.74, 6) is -0.0510. The first-order valence-electron chi connectivity index (χ1n) is 7.19. The molecule has 2 rings (SSSR count). The van der Waals surface area contributed by atoms with E-state index in [9.17, 15) is 13.2 Å². The number of likely N-dealkylation sites (tertiary alicyclic amines) is 1. The van der Waals surface area contributed by atoms with Gasteiger partial charge in [0.15, 0.2) is 0 Å². The summed E-state index contributed by atoms with van der Waals surface area (Å²) < 4.78 is 27.4. The van der Waals surface area contributed by atoms with Gasteiger partial charge in [-0.3, -0.25) is 4.79 Å². The van der Waals surface area contributed by atoms with Crippen molar-refractivity contribution in [3.05, 3.63) is 28.7 Å². The molecule has 1 atom stereocenters. The summed E-state index contributed by atoms with van der Waals surface area (Å²) in [6.07, 6.45) is 2.02. The van der Waals surface area contributed by atoms with Crippen LogP contribution in [0.2, 0.25) is 0 Å². The lowest BCUT2D eigenvalue weighted by atomic mass is 10.2. The van der Waals surface area contributed by atoms with E-state index in [4.69, 9.17) is 5.73 Å². The standard InChI is InChI=1S/C14H20BrN3O3S.ClH/c15-11-3-1-5-13(9-11)22(20,21)17-7-6-14(19)18-8-2-4-12(18)10-16;/h1,3,5,9,12,17H,2,4,6-8,10,16H2;1H. The Hall–Kier alpha value is -0.670. The molecule has 0 spiro atoms. The van der Waals surface area contributed by atoms with Gasteiger partial charge in [0.2, 0.25) is 15.9 Å². The number of amides is 1. The van der Waals surface area contributed by atoms with Gasteiger partial charge >= 0.3 is 0 Å². The van der Waals surface area contributed by atoms with E-state index in [-0.39, 0.29) is 42.2 Å². The minimum absolute atomic E-state index is 0. The molecule has 3 N–H and O–H groups in total. The van der Waals surface area contributed by atoms with Crippen LogP contribution in [0.1, 0.15) is 19.3 Å². The fourth-order valence-electron chi connectivity index (χ4n) is 2.56. The zero-order valence-corrected chi connectivity index (χ0v) is 15.8. The molecule has 1 aliphatic rings. The highest BCUT2D eigenvalue weighted by Gasteiger charge is 2.27. The van der Waals surface area contributed by atoms with Crippen LogP contribution in [0, 0.1) is 0 Å². The van der Waals surface area contributed by atoms with Crippen molar-refractivity contribution in [2.75, 3.05) is 19.6 Å². The molecule has 1 heterocycles. The monoisotopic (exact) mass is 425 g/mol. The maximum atomic E-state index is 12.1. The fraction of sp³-hybridized carbons (Fsp3) is 0.500. The molecule has 130 valence electrons. The van der Waals surface area contributed by atoms with E-state index in [1.54, 1.807) is 17.0 Å². The van der Waals surface area contributed by atoms with Gasteiger partial charge in [0, 0.05) is 36.6 Å². The van der Waals surface area contributed by atoms with Crippen LogP contribution in [0.3, 0.4) is 0 Å². The van der Waals surface area contributed by atoms with Crippen molar-refractivity contribution >= 4 is 44.3 Å². The Morgan fingerprint density at radius 2 is 2.17 bits per heavy atom. The first-order chi connectivity index (χ1) is 10.4. The van der Waals surface area contributed by atoms with E-state index in [0.717, 1.165) is 12.8 Å². The number of hydrogen-bond acceptors (Lipinski definition) is 4. The molecule has 1 aliphatic heterocycles. The van der Waals surface area contributed by atoms with Gasteiger partial charge in [-0.15, -0.1) is 12.4 Å². The maximum absolute atomic E-state index is 12.1. The molecule has 1 unspecified atom stereocenters. The fourth-order valence-corrected chi connectivity index (χ4v) is 4.19. The van der Waals surface area contributed by atoms with Crippen LogP contribution >= 0.6 is 28.3 Å². The van der Waals surface area contributed by atoms with Crippen LogP contribution in [0.5, 0.6) is 0 Å². The van der Waals surface area contributed by atoms with Crippen molar-refractivity contribution in [2.24, 2.45) is 5.73 Å². The van der Waals surface area contributed by atoms with Crippen LogP contribution in [0.15, 0.2) is 33.6 Å². The molecule has 0 bridgehead atoms. The third kappa shape index (κ3) is 5.42. The van der Waals surface area contributed by atoms with Gasteiger partial charge in [0.1, 0.15) is 0 Å². The Balaban J connectivity index is 0.00000264. The number of sulfonamides is 1. The summed E-state index contributed by atoms with van der Waals surface area (Å²) in [5.41, 5.74) is 5.64. The molecule has 9 heteroatoms. The third-order valence-corrected chi connectivity index (χ3v) is 5.66. The van der Waals surface area contributed by atoms with Crippen LogP contribution in [0.4, 0.5) is 0 Å². The van der Waals surface area contributed by atoms with Crippen molar-refractivity contribution in [3.63, 3.8) is 0 Å². The topological polar surface area (TPSA) is 92.5 Å². The molecule has 0 aromatic heterocycles. The third-order valence-electron chi connectivity index (χ3n) is 3.71. The molecule has 0 radical (unpaired) electrons. The molecule has 23 heavy (non-hydrogen) atoms. The maximum Gasteiger partial charge on any atom is 0.240 e. The summed E-state index contributed by atoms with van der Waals surface area (Å²) in [7, 11) is -3.60. The minimum Gasteiger partial charge on any atom is -0.338 e. The van der Waals surface area contributed by atoms with Crippen LogP contribution in [-0.2, 0) is 14.8 Å². The van der Waals surface area contributed by atoms with Gasteiger partial charge in [-0.25, -0.2) is 13.1 Å². The lowest BCUT2D eigenvalue weighted by Crippen LogP contribution is -2.41. The predicted octanol–water partition coefficient (Wildman–Crippen LogP) is 1.49. The molecule has 0 aliphatic carbocycles. The average molecular weight is 427 g/mol. The van der Waals surface area contributed by atoms with Crippen molar-refractivity contribution in [2.45, 2.75) is 30.2 Å². The summed E-state index contributed by atoms with van der Waals surface area (Å²) in [6, 6.07) is 6.53. The van der Waals surface area contributed by atoms with Crippen molar-refractivity contribution in [3.8, 4) is 0 Å². The summed E-state index contributed by atoms with van der Waals surface area (Å²) >= 11 is 3.24. The van der Waals surface area contributed by atoms with E-state index >= 15 is 0 Å². The van der Waals surface area contributed by atoms with Gasteiger partial charge in [-0.1, -0.05) is 22.0 Å². The van der Waals surface area contributed by atoms with Gasteiger partial charge in [0.05, 0.1) is 4.90 Å². The highest BCUT2D eigenvalue weighted by atomic mass is 79.9. The zero-order valence-electron chi connectivity index (χ0n) is 12.6. The number of hydrogen-bond donors (Lipinski definition) is 2. The summed E-state index contributed by atoms with van der Waals surface area (Å²) in [4.78, 5) is 14.1.